The Labute approximate surface area is 164 Å². The fraction of sp³-hybridized carbons (Fsp3) is 0.550. The van der Waals surface area contributed by atoms with E-state index in [0.717, 1.165) is 12.8 Å². The first kappa shape index (κ1) is 21.5. The highest BCUT2D eigenvalue weighted by Gasteiger charge is 2.32. The second-order valence-corrected chi connectivity index (χ2v) is 7.47. The van der Waals surface area contributed by atoms with E-state index in [4.69, 9.17) is 14.2 Å². The number of methoxy groups -OCH3 is 2. The monoisotopic (exact) mass is 393 g/mol. The number of benzene rings is 1. The Kier molecular flexibility index (Phi) is 6.88. The number of hydrogen-bond acceptors (Lipinski definition) is 7. The second-order valence-electron chi connectivity index (χ2n) is 7.47. The van der Waals surface area contributed by atoms with Crippen molar-refractivity contribution in [2.24, 2.45) is 0 Å². The Bertz CT molecular complexity index is 739. The third kappa shape index (κ3) is 5.37. The standard InChI is InChI=1S/C20H27NO7/c1-20(2,3)28-19(24)21-10-6-7-13(21)12-27-14-8-9-15(17(22)25-4)16(11-14)18(23)26-5/h8-9,11,13H,6-7,10,12H2,1-5H3/t13-/m1/s1. The van der Waals surface area contributed by atoms with Crippen molar-refractivity contribution in [2.45, 2.75) is 45.3 Å². The van der Waals surface area contributed by atoms with Gasteiger partial charge in [-0.25, -0.2) is 14.4 Å². The van der Waals surface area contributed by atoms with Gasteiger partial charge in [-0.15, -0.1) is 0 Å². The SMILES string of the molecule is COC(=O)c1ccc(OC[C@H]2CCCN2C(=O)OC(C)(C)C)cc1C(=O)OC. The van der Waals surface area contributed by atoms with Crippen LogP contribution in [0.25, 0.3) is 0 Å². The van der Waals surface area contributed by atoms with Crippen LogP contribution in [0.2, 0.25) is 0 Å². The van der Waals surface area contributed by atoms with Crippen LogP contribution in [0.3, 0.4) is 0 Å². The minimum atomic E-state index is -0.665. The number of ether oxygens (including phenoxy) is 4. The largest absolute Gasteiger partial charge is 0.491 e. The molecular formula is C20H27NO7. The molecule has 1 heterocycles. The molecule has 0 unspecified atom stereocenters. The van der Waals surface area contributed by atoms with Crippen LogP contribution in [0.15, 0.2) is 18.2 Å². The molecule has 1 amide bonds. The minimum absolute atomic E-state index is 0.0577. The molecule has 1 saturated heterocycles. The van der Waals surface area contributed by atoms with Crippen LogP contribution in [0.5, 0.6) is 5.75 Å². The predicted octanol–water partition coefficient (Wildman–Crippen LogP) is 3.04. The highest BCUT2D eigenvalue weighted by atomic mass is 16.6. The van der Waals surface area contributed by atoms with Gasteiger partial charge in [-0.05, 0) is 51.8 Å². The second kappa shape index (κ2) is 8.95. The first-order valence-corrected chi connectivity index (χ1v) is 9.09. The van der Waals surface area contributed by atoms with Crippen molar-refractivity contribution >= 4 is 18.0 Å². The van der Waals surface area contributed by atoms with Crippen LogP contribution >= 0.6 is 0 Å². The van der Waals surface area contributed by atoms with E-state index >= 15 is 0 Å². The maximum atomic E-state index is 12.4. The van der Waals surface area contributed by atoms with Gasteiger partial charge in [0.25, 0.3) is 0 Å². The van der Waals surface area contributed by atoms with Crippen LogP contribution in [0.1, 0.15) is 54.3 Å². The lowest BCUT2D eigenvalue weighted by Crippen LogP contribution is -2.42. The third-order valence-electron chi connectivity index (χ3n) is 4.25. The molecule has 1 atom stereocenters. The summed E-state index contributed by atoms with van der Waals surface area (Å²) in [6.45, 7) is 6.33. The van der Waals surface area contributed by atoms with Gasteiger partial charge >= 0.3 is 18.0 Å². The van der Waals surface area contributed by atoms with Gasteiger partial charge in [0.2, 0.25) is 0 Å². The highest BCUT2D eigenvalue weighted by Crippen LogP contribution is 2.24. The van der Waals surface area contributed by atoms with E-state index in [1.165, 1.54) is 26.4 Å². The molecule has 1 aliphatic heterocycles. The molecule has 0 aromatic heterocycles. The summed E-state index contributed by atoms with van der Waals surface area (Å²) < 4.78 is 20.7. The molecular weight excluding hydrogens is 366 g/mol. The number of rotatable bonds is 5. The van der Waals surface area contributed by atoms with Crippen molar-refractivity contribution in [3.63, 3.8) is 0 Å². The van der Waals surface area contributed by atoms with E-state index in [0.29, 0.717) is 12.3 Å². The van der Waals surface area contributed by atoms with Gasteiger partial charge < -0.3 is 23.8 Å². The Morgan fingerprint density at radius 2 is 1.71 bits per heavy atom. The number of nitrogens with zero attached hydrogens (tertiary/aromatic N) is 1. The number of carbonyl (C=O) groups is 3. The van der Waals surface area contributed by atoms with E-state index in [1.54, 1.807) is 11.0 Å². The van der Waals surface area contributed by atoms with Crippen LogP contribution in [0.4, 0.5) is 4.79 Å². The lowest BCUT2D eigenvalue weighted by molar-refractivity contribution is 0.0187. The molecule has 0 spiro atoms. The zero-order valence-corrected chi connectivity index (χ0v) is 16.9. The number of esters is 2. The first-order valence-electron chi connectivity index (χ1n) is 9.09. The molecule has 28 heavy (non-hydrogen) atoms. The van der Waals surface area contributed by atoms with Gasteiger partial charge in [0.05, 0.1) is 31.4 Å². The summed E-state index contributed by atoms with van der Waals surface area (Å²) in [5, 5.41) is 0. The molecule has 154 valence electrons. The molecule has 8 heteroatoms. The quantitative estimate of drug-likeness (QED) is 0.561. The Morgan fingerprint density at radius 3 is 2.32 bits per heavy atom. The topological polar surface area (TPSA) is 91.4 Å². The summed E-state index contributed by atoms with van der Waals surface area (Å²) >= 11 is 0. The van der Waals surface area contributed by atoms with Gasteiger partial charge in [0.15, 0.2) is 0 Å². The maximum Gasteiger partial charge on any atom is 0.410 e. The molecule has 0 N–H and O–H groups in total. The molecule has 2 rings (SSSR count). The van der Waals surface area contributed by atoms with Crippen molar-refractivity contribution in [2.75, 3.05) is 27.4 Å². The van der Waals surface area contributed by atoms with Gasteiger partial charge in [0, 0.05) is 6.54 Å². The molecule has 0 radical (unpaired) electrons. The molecule has 1 aromatic rings. The molecule has 0 saturated carbocycles. The van der Waals surface area contributed by atoms with Crippen LogP contribution < -0.4 is 4.74 Å². The zero-order valence-electron chi connectivity index (χ0n) is 16.9. The van der Waals surface area contributed by atoms with Gasteiger partial charge in [-0.3, -0.25) is 0 Å². The van der Waals surface area contributed by atoms with E-state index in [2.05, 4.69) is 4.74 Å². The van der Waals surface area contributed by atoms with Crippen LogP contribution in [-0.4, -0.2) is 61.9 Å². The van der Waals surface area contributed by atoms with E-state index in [1.807, 2.05) is 20.8 Å². The summed E-state index contributed by atoms with van der Waals surface area (Å²) in [5.74, 6) is -0.912. The van der Waals surface area contributed by atoms with Gasteiger partial charge in [-0.1, -0.05) is 0 Å². The van der Waals surface area contributed by atoms with E-state index < -0.39 is 17.5 Å². The smallest absolute Gasteiger partial charge is 0.410 e. The molecule has 1 fully saturated rings. The fourth-order valence-electron chi connectivity index (χ4n) is 2.94. The Balaban J connectivity index is 2.10. The van der Waals surface area contributed by atoms with Gasteiger partial charge in [-0.2, -0.15) is 0 Å². The number of hydrogen-bond donors (Lipinski definition) is 0. The average molecular weight is 393 g/mol. The molecule has 8 nitrogen and oxygen atoms in total. The number of amides is 1. The first-order chi connectivity index (χ1) is 13.2. The average Bonchev–Trinajstić information content (AvgIpc) is 3.12. The zero-order chi connectivity index (χ0) is 20.9. The Morgan fingerprint density at radius 1 is 1.07 bits per heavy atom. The van der Waals surface area contributed by atoms with Crippen molar-refractivity contribution < 1.29 is 33.3 Å². The van der Waals surface area contributed by atoms with Gasteiger partial charge in [0.1, 0.15) is 18.0 Å². The summed E-state index contributed by atoms with van der Waals surface area (Å²) in [5.41, 5.74) is -0.412. The van der Waals surface area contributed by atoms with E-state index in [-0.39, 0.29) is 29.9 Å². The van der Waals surface area contributed by atoms with Crippen molar-refractivity contribution in [1.29, 1.82) is 0 Å². The third-order valence-corrected chi connectivity index (χ3v) is 4.25. The lowest BCUT2D eigenvalue weighted by Gasteiger charge is -2.28. The van der Waals surface area contributed by atoms with Crippen molar-refractivity contribution in [3.8, 4) is 5.75 Å². The molecule has 0 aliphatic carbocycles. The summed E-state index contributed by atoms with van der Waals surface area (Å²) in [7, 11) is 2.47. The molecule has 1 aliphatic rings. The normalized spacial score (nSPS) is 16.5. The van der Waals surface area contributed by atoms with Crippen LogP contribution in [0, 0.1) is 0 Å². The summed E-state index contributed by atoms with van der Waals surface area (Å²) in [6.07, 6.45) is 1.29. The number of carbonyl (C=O) groups excluding carboxylic acids is 3. The maximum absolute atomic E-state index is 12.4. The predicted molar refractivity (Wildman–Crippen MR) is 101 cm³/mol. The number of likely N-dealkylation sites (tertiary alicyclic amines) is 1. The summed E-state index contributed by atoms with van der Waals surface area (Å²) in [6, 6.07) is 4.33. The van der Waals surface area contributed by atoms with Crippen molar-refractivity contribution in [1.82, 2.24) is 4.90 Å². The van der Waals surface area contributed by atoms with E-state index in [9.17, 15) is 14.4 Å². The van der Waals surface area contributed by atoms with Crippen molar-refractivity contribution in [3.05, 3.63) is 29.3 Å². The highest BCUT2D eigenvalue weighted by molar-refractivity contribution is 6.03. The fourth-order valence-corrected chi connectivity index (χ4v) is 2.94. The molecule has 0 bridgehead atoms. The summed E-state index contributed by atoms with van der Waals surface area (Å²) in [4.78, 5) is 37.8. The molecule has 1 aromatic carbocycles. The van der Waals surface area contributed by atoms with Crippen LogP contribution in [-0.2, 0) is 14.2 Å². The Hall–Kier alpha value is -2.77. The lowest BCUT2D eigenvalue weighted by atomic mass is 10.1. The minimum Gasteiger partial charge on any atom is -0.491 e.